The molecule has 0 amide bonds. The molecular weight excluding hydrogens is 254 g/mol. The van der Waals surface area contributed by atoms with Crippen molar-refractivity contribution >= 4 is 11.3 Å². The Kier molecular flexibility index (Phi) is 6.28. The highest BCUT2D eigenvalue weighted by molar-refractivity contribution is 7.09. The lowest BCUT2D eigenvalue weighted by atomic mass is 10.0. The Hall–Kier alpha value is -0.450. The molecule has 0 aromatic carbocycles. The highest BCUT2D eigenvalue weighted by Gasteiger charge is 2.22. The summed E-state index contributed by atoms with van der Waals surface area (Å²) >= 11 is 1.83. The number of hydrogen-bond donors (Lipinski definition) is 1. The predicted molar refractivity (Wildman–Crippen MR) is 82.7 cm³/mol. The van der Waals surface area contributed by atoms with E-state index in [4.69, 9.17) is 4.98 Å². The Balaban J connectivity index is 1.90. The maximum absolute atomic E-state index is 4.77. The van der Waals surface area contributed by atoms with E-state index in [0.29, 0.717) is 6.04 Å². The molecule has 1 saturated heterocycles. The molecular formula is C15H27N3S. The van der Waals surface area contributed by atoms with Gasteiger partial charge < -0.3 is 5.32 Å². The molecule has 3 nitrogen and oxygen atoms in total. The van der Waals surface area contributed by atoms with Crippen LogP contribution in [0.4, 0.5) is 0 Å². The molecule has 2 heterocycles. The first-order chi connectivity index (χ1) is 9.33. The van der Waals surface area contributed by atoms with E-state index in [-0.39, 0.29) is 0 Å². The second-order valence-corrected chi connectivity index (χ2v) is 6.35. The van der Waals surface area contributed by atoms with Gasteiger partial charge in [0.25, 0.3) is 0 Å². The fourth-order valence-electron chi connectivity index (χ4n) is 2.77. The zero-order chi connectivity index (χ0) is 13.5. The third-order valence-corrected chi connectivity index (χ3v) is 4.76. The second-order valence-electron chi connectivity index (χ2n) is 5.41. The van der Waals surface area contributed by atoms with Crippen LogP contribution in [0.15, 0.2) is 5.38 Å². The lowest BCUT2D eigenvalue weighted by molar-refractivity contribution is 0.136. The standard InChI is InChI=1S/C15H27N3S/c1-3-7-15-17-13(12-19-15)11-18-9-6-5-8-14(18)10-16-4-2/h12,14,16H,3-11H2,1-2H3. The van der Waals surface area contributed by atoms with Crippen molar-refractivity contribution in [3.63, 3.8) is 0 Å². The molecule has 2 rings (SSSR count). The van der Waals surface area contributed by atoms with Crippen molar-refractivity contribution in [3.05, 3.63) is 16.1 Å². The maximum Gasteiger partial charge on any atom is 0.0928 e. The van der Waals surface area contributed by atoms with Gasteiger partial charge in [-0.2, -0.15) is 0 Å². The van der Waals surface area contributed by atoms with Crippen molar-refractivity contribution in [3.8, 4) is 0 Å². The van der Waals surface area contributed by atoms with Crippen LogP contribution < -0.4 is 5.32 Å². The number of nitrogens with zero attached hydrogens (tertiary/aromatic N) is 2. The number of piperidine rings is 1. The van der Waals surface area contributed by atoms with Gasteiger partial charge in [0, 0.05) is 24.5 Å². The average molecular weight is 281 g/mol. The molecule has 1 unspecified atom stereocenters. The van der Waals surface area contributed by atoms with Crippen LogP contribution in [0.25, 0.3) is 0 Å². The van der Waals surface area contributed by atoms with Crippen molar-refractivity contribution in [1.82, 2.24) is 15.2 Å². The van der Waals surface area contributed by atoms with E-state index in [2.05, 4.69) is 29.4 Å². The zero-order valence-corrected chi connectivity index (χ0v) is 13.1. The van der Waals surface area contributed by atoms with Crippen molar-refractivity contribution in [2.24, 2.45) is 0 Å². The maximum atomic E-state index is 4.77. The summed E-state index contributed by atoms with van der Waals surface area (Å²) in [7, 11) is 0. The van der Waals surface area contributed by atoms with Crippen molar-refractivity contribution < 1.29 is 0 Å². The smallest absolute Gasteiger partial charge is 0.0928 e. The largest absolute Gasteiger partial charge is 0.315 e. The summed E-state index contributed by atoms with van der Waals surface area (Å²) in [5, 5.41) is 7.06. The van der Waals surface area contributed by atoms with Crippen LogP contribution in [0.1, 0.15) is 50.2 Å². The topological polar surface area (TPSA) is 28.2 Å². The van der Waals surface area contributed by atoms with Gasteiger partial charge in [-0.1, -0.05) is 20.3 Å². The Morgan fingerprint density at radius 1 is 1.42 bits per heavy atom. The van der Waals surface area contributed by atoms with Crippen LogP contribution in [0.2, 0.25) is 0 Å². The van der Waals surface area contributed by atoms with Gasteiger partial charge in [-0.05, 0) is 38.8 Å². The Morgan fingerprint density at radius 3 is 3.11 bits per heavy atom. The van der Waals surface area contributed by atoms with Crippen LogP contribution in [0.3, 0.4) is 0 Å². The van der Waals surface area contributed by atoms with E-state index in [9.17, 15) is 0 Å². The zero-order valence-electron chi connectivity index (χ0n) is 12.3. The fourth-order valence-corrected chi connectivity index (χ4v) is 3.66. The van der Waals surface area contributed by atoms with Crippen molar-refractivity contribution in [2.75, 3.05) is 19.6 Å². The summed E-state index contributed by atoms with van der Waals surface area (Å²) in [4.78, 5) is 7.39. The molecule has 1 aromatic heterocycles. The first-order valence-corrected chi connectivity index (χ1v) is 8.59. The van der Waals surface area contributed by atoms with Gasteiger partial charge in [0.2, 0.25) is 0 Å². The van der Waals surface area contributed by atoms with Gasteiger partial charge >= 0.3 is 0 Å². The van der Waals surface area contributed by atoms with E-state index < -0.39 is 0 Å². The van der Waals surface area contributed by atoms with Gasteiger partial charge in [-0.15, -0.1) is 11.3 Å². The van der Waals surface area contributed by atoms with Gasteiger partial charge in [0.05, 0.1) is 10.7 Å². The number of thiazole rings is 1. The SMILES string of the molecule is CCCc1nc(CN2CCCCC2CNCC)cs1. The molecule has 0 spiro atoms. The van der Waals surface area contributed by atoms with Crippen LogP contribution in [-0.2, 0) is 13.0 Å². The van der Waals surface area contributed by atoms with Crippen molar-refractivity contribution in [1.29, 1.82) is 0 Å². The number of nitrogens with one attached hydrogen (secondary N) is 1. The molecule has 1 aliphatic rings. The minimum atomic E-state index is 0.699. The third kappa shape index (κ3) is 4.55. The monoisotopic (exact) mass is 281 g/mol. The molecule has 0 saturated carbocycles. The van der Waals surface area contributed by atoms with Gasteiger partial charge in [-0.3, -0.25) is 4.90 Å². The summed E-state index contributed by atoms with van der Waals surface area (Å²) in [5.41, 5.74) is 1.27. The number of rotatable bonds is 7. The van der Waals surface area contributed by atoms with E-state index in [1.165, 1.54) is 42.9 Å². The molecule has 19 heavy (non-hydrogen) atoms. The number of aromatic nitrogens is 1. The number of likely N-dealkylation sites (tertiary alicyclic amines) is 1. The molecule has 1 N–H and O–H groups in total. The molecule has 108 valence electrons. The van der Waals surface area contributed by atoms with Crippen LogP contribution in [0, 0.1) is 0 Å². The lowest BCUT2D eigenvalue weighted by Crippen LogP contribution is -2.45. The summed E-state index contributed by atoms with van der Waals surface area (Å²) in [6.07, 6.45) is 6.38. The highest BCUT2D eigenvalue weighted by atomic mass is 32.1. The molecule has 1 aliphatic heterocycles. The summed E-state index contributed by atoms with van der Waals surface area (Å²) < 4.78 is 0. The Bertz CT molecular complexity index is 364. The van der Waals surface area contributed by atoms with Crippen molar-refractivity contribution in [2.45, 2.75) is 58.5 Å². The van der Waals surface area contributed by atoms with Crippen LogP contribution >= 0.6 is 11.3 Å². The highest BCUT2D eigenvalue weighted by Crippen LogP contribution is 2.20. The molecule has 1 fully saturated rings. The number of aryl methyl sites for hydroxylation is 1. The molecule has 0 bridgehead atoms. The molecule has 0 radical (unpaired) electrons. The summed E-state index contributed by atoms with van der Waals surface area (Å²) in [5.74, 6) is 0. The normalized spacial score (nSPS) is 20.8. The number of hydrogen-bond acceptors (Lipinski definition) is 4. The van der Waals surface area contributed by atoms with E-state index in [0.717, 1.165) is 26.1 Å². The summed E-state index contributed by atoms with van der Waals surface area (Å²) in [6.45, 7) is 8.87. The Labute approximate surface area is 121 Å². The quantitative estimate of drug-likeness (QED) is 0.832. The average Bonchev–Trinajstić information content (AvgIpc) is 2.86. The first-order valence-electron chi connectivity index (χ1n) is 7.71. The first kappa shape index (κ1) is 14.9. The predicted octanol–water partition coefficient (Wildman–Crippen LogP) is 3.06. The van der Waals surface area contributed by atoms with Crippen LogP contribution in [-0.4, -0.2) is 35.6 Å². The van der Waals surface area contributed by atoms with Gasteiger partial charge in [0.15, 0.2) is 0 Å². The molecule has 1 aromatic rings. The Morgan fingerprint density at radius 2 is 2.32 bits per heavy atom. The fraction of sp³-hybridized carbons (Fsp3) is 0.800. The molecule has 4 heteroatoms. The number of likely N-dealkylation sites (N-methyl/N-ethyl adjacent to an activating group) is 1. The second kappa shape index (κ2) is 7.98. The lowest BCUT2D eigenvalue weighted by Gasteiger charge is -2.35. The summed E-state index contributed by atoms with van der Waals surface area (Å²) in [6, 6.07) is 0.699. The molecule has 0 aliphatic carbocycles. The van der Waals surface area contributed by atoms with Gasteiger partial charge in [0.1, 0.15) is 0 Å². The molecule has 1 atom stereocenters. The minimum absolute atomic E-state index is 0.699. The van der Waals surface area contributed by atoms with Gasteiger partial charge in [-0.25, -0.2) is 4.98 Å². The minimum Gasteiger partial charge on any atom is -0.315 e. The van der Waals surface area contributed by atoms with E-state index in [1.807, 2.05) is 11.3 Å². The third-order valence-electron chi connectivity index (χ3n) is 3.81. The van der Waals surface area contributed by atoms with E-state index in [1.54, 1.807) is 0 Å². The van der Waals surface area contributed by atoms with Crippen LogP contribution in [0.5, 0.6) is 0 Å². The van der Waals surface area contributed by atoms with E-state index >= 15 is 0 Å².